The van der Waals surface area contributed by atoms with E-state index in [-0.39, 0.29) is 5.91 Å². The van der Waals surface area contributed by atoms with Crippen molar-refractivity contribution in [3.8, 4) is 17.1 Å². The molecule has 0 aliphatic heterocycles. The molecular weight excluding hydrogens is 418 g/mol. The van der Waals surface area contributed by atoms with Gasteiger partial charge >= 0.3 is 5.97 Å². The van der Waals surface area contributed by atoms with Gasteiger partial charge in [-0.1, -0.05) is 25.1 Å². The van der Waals surface area contributed by atoms with Crippen LogP contribution in [0.2, 0.25) is 0 Å². The predicted octanol–water partition coefficient (Wildman–Crippen LogP) is 5.12. The number of ether oxygens (including phenoxy) is 2. The molecule has 1 amide bonds. The molecule has 0 aliphatic carbocycles. The van der Waals surface area contributed by atoms with Crippen LogP contribution < -0.4 is 10.1 Å². The van der Waals surface area contributed by atoms with Crippen molar-refractivity contribution in [3.05, 3.63) is 77.9 Å². The molecule has 0 fully saturated rings. The van der Waals surface area contributed by atoms with Gasteiger partial charge in [-0.05, 0) is 67.4 Å². The largest absolute Gasteiger partial charge is 0.497 e. The zero-order chi connectivity index (χ0) is 23.4. The number of hydrogen-bond donors (Lipinski definition) is 2. The molecule has 1 atom stereocenters. The number of aromatic nitrogens is 2. The number of nitrogens with one attached hydrogen (secondary N) is 2. The number of imidazole rings is 1. The minimum Gasteiger partial charge on any atom is -0.497 e. The van der Waals surface area contributed by atoms with Gasteiger partial charge in [0.1, 0.15) is 11.6 Å². The molecule has 0 saturated carbocycles. The number of anilines is 1. The summed E-state index contributed by atoms with van der Waals surface area (Å²) in [5.41, 5.74) is 4.30. The number of rotatable bonds is 7. The van der Waals surface area contributed by atoms with Gasteiger partial charge in [0.15, 0.2) is 6.10 Å². The second kappa shape index (κ2) is 9.56. The fraction of sp³-hybridized carbons (Fsp3) is 0.192. The molecular formula is C26H25N3O4. The minimum atomic E-state index is -0.899. The lowest BCUT2D eigenvalue weighted by Crippen LogP contribution is -2.32. The van der Waals surface area contributed by atoms with Crippen LogP contribution >= 0.6 is 0 Å². The van der Waals surface area contributed by atoms with Crippen molar-refractivity contribution in [2.24, 2.45) is 0 Å². The van der Waals surface area contributed by atoms with Crippen molar-refractivity contribution in [2.75, 3.05) is 12.4 Å². The summed E-state index contributed by atoms with van der Waals surface area (Å²) in [6, 6.07) is 20.1. The van der Waals surface area contributed by atoms with E-state index >= 15 is 0 Å². The number of methoxy groups -OCH3 is 1. The summed E-state index contributed by atoms with van der Waals surface area (Å²) >= 11 is 0. The van der Waals surface area contributed by atoms with E-state index < -0.39 is 12.1 Å². The zero-order valence-electron chi connectivity index (χ0n) is 18.7. The second-order valence-electron chi connectivity index (χ2n) is 7.65. The van der Waals surface area contributed by atoms with E-state index in [0.29, 0.717) is 29.0 Å². The van der Waals surface area contributed by atoms with Gasteiger partial charge in [0, 0.05) is 11.3 Å². The number of para-hydroxylation sites is 1. The Morgan fingerprint density at radius 1 is 1.06 bits per heavy atom. The summed E-state index contributed by atoms with van der Waals surface area (Å²) < 4.78 is 10.7. The van der Waals surface area contributed by atoms with E-state index in [9.17, 15) is 9.59 Å². The van der Waals surface area contributed by atoms with Crippen LogP contribution in [0.15, 0.2) is 66.7 Å². The monoisotopic (exact) mass is 443 g/mol. The molecule has 3 aromatic carbocycles. The smallest absolute Gasteiger partial charge is 0.338 e. The molecule has 7 heteroatoms. The first-order valence-corrected chi connectivity index (χ1v) is 10.7. The maximum Gasteiger partial charge on any atom is 0.338 e. The normalized spacial score (nSPS) is 11.7. The molecule has 0 radical (unpaired) electrons. The third kappa shape index (κ3) is 4.87. The van der Waals surface area contributed by atoms with Crippen LogP contribution in [0.5, 0.6) is 5.75 Å². The van der Waals surface area contributed by atoms with Crippen LogP contribution in [0, 0.1) is 6.92 Å². The maximum absolute atomic E-state index is 12.8. The first kappa shape index (κ1) is 22.1. The average molecular weight is 444 g/mol. The number of carbonyl (C=O) groups is 2. The third-order valence-electron chi connectivity index (χ3n) is 5.40. The molecule has 4 rings (SSSR count). The lowest BCUT2D eigenvalue weighted by molar-refractivity contribution is -0.124. The molecule has 33 heavy (non-hydrogen) atoms. The van der Waals surface area contributed by atoms with Gasteiger partial charge in [0.2, 0.25) is 0 Å². The topological polar surface area (TPSA) is 93.3 Å². The third-order valence-corrected chi connectivity index (χ3v) is 5.40. The summed E-state index contributed by atoms with van der Waals surface area (Å²) in [5.74, 6) is 0.521. The second-order valence-corrected chi connectivity index (χ2v) is 7.65. The summed E-state index contributed by atoms with van der Waals surface area (Å²) in [7, 11) is 1.62. The predicted molar refractivity (Wildman–Crippen MR) is 127 cm³/mol. The van der Waals surface area contributed by atoms with E-state index in [4.69, 9.17) is 9.47 Å². The molecule has 0 saturated heterocycles. The molecule has 4 aromatic rings. The lowest BCUT2D eigenvalue weighted by Gasteiger charge is -2.17. The molecule has 0 bridgehead atoms. The van der Waals surface area contributed by atoms with Crippen molar-refractivity contribution in [1.29, 1.82) is 0 Å². The summed E-state index contributed by atoms with van der Waals surface area (Å²) in [6.45, 7) is 3.71. The van der Waals surface area contributed by atoms with Crippen LogP contribution in [-0.2, 0) is 9.53 Å². The molecule has 0 aliphatic rings. The van der Waals surface area contributed by atoms with E-state index in [1.807, 2.05) is 55.5 Å². The number of aromatic amines is 1. The average Bonchev–Trinajstić information content (AvgIpc) is 3.27. The molecule has 7 nitrogen and oxygen atoms in total. The van der Waals surface area contributed by atoms with Gasteiger partial charge < -0.3 is 19.8 Å². The number of fused-ring (bicyclic) bond motifs is 1. The first-order valence-electron chi connectivity index (χ1n) is 10.7. The molecule has 1 heterocycles. The van der Waals surface area contributed by atoms with Crippen molar-refractivity contribution in [3.63, 3.8) is 0 Å². The summed E-state index contributed by atoms with van der Waals surface area (Å²) in [5, 5.41) is 2.84. The number of esters is 1. The van der Waals surface area contributed by atoms with Gasteiger partial charge in [-0.3, -0.25) is 4.79 Å². The molecule has 1 unspecified atom stereocenters. The highest BCUT2D eigenvalue weighted by molar-refractivity contribution is 5.99. The number of carbonyl (C=O) groups excluding carboxylic acids is 2. The SMILES string of the molecule is CCC(OC(=O)c1ccc2nc(-c3ccc(OC)cc3)[nH]c2c1)C(=O)Nc1ccccc1C. The quantitative estimate of drug-likeness (QED) is 0.387. The van der Waals surface area contributed by atoms with E-state index in [2.05, 4.69) is 15.3 Å². The minimum absolute atomic E-state index is 0.342. The Morgan fingerprint density at radius 3 is 2.52 bits per heavy atom. The number of H-pyrrole nitrogens is 1. The molecule has 168 valence electrons. The van der Waals surface area contributed by atoms with Crippen molar-refractivity contribution < 1.29 is 19.1 Å². The number of nitrogens with zero attached hydrogens (tertiary/aromatic N) is 1. The Kier molecular flexibility index (Phi) is 6.40. The maximum atomic E-state index is 12.8. The van der Waals surface area contributed by atoms with E-state index in [0.717, 1.165) is 22.4 Å². The number of amides is 1. The highest BCUT2D eigenvalue weighted by Crippen LogP contribution is 2.24. The van der Waals surface area contributed by atoms with Gasteiger partial charge in [-0.2, -0.15) is 0 Å². The van der Waals surface area contributed by atoms with Crippen molar-refractivity contribution >= 4 is 28.6 Å². The van der Waals surface area contributed by atoms with Gasteiger partial charge in [-0.25, -0.2) is 9.78 Å². The van der Waals surface area contributed by atoms with Crippen LogP contribution in [-0.4, -0.2) is 35.1 Å². The zero-order valence-corrected chi connectivity index (χ0v) is 18.7. The van der Waals surface area contributed by atoms with E-state index in [1.165, 1.54) is 0 Å². The Balaban J connectivity index is 1.49. The van der Waals surface area contributed by atoms with Crippen LogP contribution in [0.3, 0.4) is 0 Å². The van der Waals surface area contributed by atoms with Crippen LogP contribution in [0.25, 0.3) is 22.4 Å². The highest BCUT2D eigenvalue weighted by Gasteiger charge is 2.23. The first-order chi connectivity index (χ1) is 16.0. The fourth-order valence-corrected chi connectivity index (χ4v) is 3.47. The molecule has 2 N–H and O–H groups in total. The Morgan fingerprint density at radius 2 is 1.82 bits per heavy atom. The van der Waals surface area contributed by atoms with Crippen molar-refractivity contribution in [1.82, 2.24) is 9.97 Å². The van der Waals surface area contributed by atoms with Crippen LogP contribution in [0.1, 0.15) is 29.3 Å². The lowest BCUT2D eigenvalue weighted by atomic mass is 10.1. The Hall–Kier alpha value is -4.13. The summed E-state index contributed by atoms with van der Waals surface area (Å²) in [6.07, 6.45) is -0.540. The van der Waals surface area contributed by atoms with Crippen molar-refractivity contribution in [2.45, 2.75) is 26.4 Å². The van der Waals surface area contributed by atoms with Gasteiger partial charge in [0.05, 0.1) is 23.7 Å². The van der Waals surface area contributed by atoms with Gasteiger partial charge in [0.25, 0.3) is 5.91 Å². The standard InChI is InChI=1S/C26H25N3O4/c1-4-23(25(30)29-20-8-6-5-7-16(20)2)33-26(31)18-11-14-21-22(15-18)28-24(27-21)17-9-12-19(32-3)13-10-17/h5-15,23H,4H2,1-3H3,(H,27,28)(H,29,30). The molecule has 1 aromatic heterocycles. The number of benzene rings is 3. The number of aryl methyl sites for hydroxylation is 1. The van der Waals surface area contributed by atoms with E-state index in [1.54, 1.807) is 32.2 Å². The Labute approximate surface area is 191 Å². The Bertz CT molecular complexity index is 1290. The highest BCUT2D eigenvalue weighted by atomic mass is 16.5. The van der Waals surface area contributed by atoms with Gasteiger partial charge in [-0.15, -0.1) is 0 Å². The summed E-state index contributed by atoms with van der Waals surface area (Å²) in [4.78, 5) is 33.3. The number of hydrogen-bond acceptors (Lipinski definition) is 5. The molecule has 0 spiro atoms. The van der Waals surface area contributed by atoms with Crippen LogP contribution in [0.4, 0.5) is 5.69 Å². The fourth-order valence-electron chi connectivity index (χ4n) is 3.47.